The lowest BCUT2D eigenvalue weighted by Gasteiger charge is -2.23. The van der Waals surface area contributed by atoms with Crippen LogP contribution in [0, 0.1) is 0 Å². The first-order valence-corrected chi connectivity index (χ1v) is 5.55. The smallest absolute Gasteiger partial charge is 0.333 e. The van der Waals surface area contributed by atoms with Crippen molar-refractivity contribution in [3.05, 3.63) is 12.2 Å². The molecule has 0 aromatic carbocycles. The van der Waals surface area contributed by atoms with Gasteiger partial charge in [-0.15, -0.1) is 0 Å². The maximum Gasteiger partial charge on any atom is 0.333 e. The molecule has 1 N–H and O–H groups in total. The predicted octanol–water partition coefficient (Wildman–Crippen LogP) is 1.29. The van der Waals surface area contributed by atoms with E-state index in [4.69, 9.17) is 9.84 Å². The van der Waals surface area contributed by atoms with Crippen LogP contribution in [-0.4, -0.2) is 48.7 Å². The number of hydrogen-bond donors (Lipinski definition) is 1. The Hall–Kier alpha value is -1.36. The molecule has 0 bridgehead atoms. The number of carbonyl (C=O) groups excluding carboxylic acids is 1. The van der Waals surface area contributed by atoms with Crippen molar-refractivity contribution in [2.24, 2.45) is 0 Å². The summed E-state index contributed by atoms with van der Waals surface area (Å²) in [5, 5.41) is 8.62. The van der Waals surface area contributed by atoms with Crippen LogP contribution in [0.3, 0.4) is 0 Å². The number of nitrogens with zero attached hydrogens (tertiary/aromatic N) is 1. The third-order valence-corrected chi connectivity index (χ3v) is 2.45. The van der Waals surface area contributed by atoms with E-state index in [1.807, 2.05) is 19.0 Å². The summed E-state index contributed by atoms with van der Waals surface area (Å²) in [5.74, 6) is -1.21. The Balaban J connectivity index is 3.97. The second-order valence-corrected chi connectivity index (χ2v) is 4.25. The molecule has 0 aliphatic rings. The third kappa shape index (κ3) is 7.52. The van der Waals surface area contributed by atoms with Gasteiger partial charge in [0.05, 0.1) is 6.61 Å². The van der Waals surface area contributed by atoms with E-state index < -0.39 is 11.9 Å². The summed E-state index contributed by atoms with van der Waals surface area (Å²) in [6, 6.07) is 0.101. The van der Waals surface area contributed by atoms with Gasteiger partial charge in [-0.25, -0.2) is 4.79 Å². The van der Waals surface area contributed by atoms with Crippen molar-refractivity contribution >= 4 is 11.9 Å². The lowest BCUT2D eigenvalue weighted by molar-refractivity contribution is -0.140. The number of ether oxygens (including phenoxy) is 1. The monoisotopic (exact) mass is 243 g/mol. The Kier molecular flexibility index (Phi) is 7.21. The molecule has 1 unspecified atom stereocenters. The first-order valence-electron chi connectivity index (χ1n) is 5.55. The van der Waals surface area contributed by atoms with Crippen LogP contribution in [-0.2, 0) is 14.3 Å². The zero-order valence-electron chi connectivity index (χ0n) is 10.7. The molecule has 1 atom stereocenters. The van der Waals surface area contributed by atoms with E-state index in [1.165, 1.54) is 0 Å². The Labute approximate surface area is 102 Å². The molecule has 0 heterocycles. The first kappa shape index (κ1) is 15.6. The molecule has 0 amide bonds. The van der Waals surface area contributed by atoms with Crippen LogP contribution in [0.15, 0.2) is 12.2 Å². The third-order valence-electron chi connectivity index (χ3n) is 2.45. The number of aliphatic carboxylic acids is 1. The van der Waals surface area contributed by atoms with Crippen LogP contribution in [0.5, 0.6) is 0 Å². The van der Waals surface area contributed by atoms with Crippen LogP contribution in [0.4, 0.5) is 0 Å². The van der Waals surface area contributed by atoms with Crippen molar-refractivity contribution in [1.82, 2.24) is 4.90 Å². The number of carboxylic acid groups (broad SMARTS) is 1. The highest BCUT2D eigenvalue weighted by molar-refractivity contribution is 5.86. The largest absolute Gasteiger partial charge is 0.481 e. The summed E-state index contributed by atoms with van der Waals surface area (Å²) < 4.78 is 4.98. The van der Waals surface area contributed by atoms with Gasteiger partial charge in [-0.1, -0.05) is 6.58 Å². The average molecular weight is 243 g/mol. The number of carbonyl (C=O) groups is 2. The summed E-state index contributed by atoms with van der Waals surface area (Å²) in [6.07, 6.45) is 1.30. The fourth-order valence-electron chi connectivity index (χ4n) is 1.36. The number of hydrogen-bond acceptors (Lipinski definition) is 4. The van der Waals surface area contributed by atoms with E-state index in [0.29, 0.717) is 18.4 Å². The van der Waals surface area contributed by atoms with Crippen LogP contribution < -0.4 is 0 Å². The van der Waals surface area contributed by atoms with Crippen LogP contribution in [0.2, 0.25) is 0 Å². The van der Waals surface area contributed by atoms with Gasteiger partial charge >= 0.3 is 11.9 Å². The highest BCUT2D eigenvalue weighted by atomic mass is 16.5. The van der Waals surface area contributed by atoms with Crippen LogP contribution in [0.25, 0.3) is 0 Å². The molecule has 0 aromatic heterocycles. The standard InChI is InChI=1S/C12H21NO4/c1-9(2)12(16)17-8-7-10(13(3)4)5-6-11(14)15/h10H,1,5-8H2,2-4H3,(H,14,15). The van der Waals surface area contributed by atoms with Crippen molar-refractivity contribution in [3.63, 3.8) is 0 Å². The van der Waals surface area contributed by atoms with Crippen LogP contribution >= 0.6 is 0 Å². The zero-order valence-corrected chi connectivity index (χ0v) is 10.7. The molecule has 0 rings (SSSR count). The molecule has 0 saturated carbocycles. The van der Waals surface area contributed by atoms with Crippen LogP contribution in [0.1, 0.15) is 26.2 Å². The van der Waals surface area contributed by atoms with Gasteiger partial charge in [0.25, 0.3) is 0 Å². The summed E-state index contributed by atoms with van der Waals surface area (Å²) in [7, 11) is 3.76. The highest BCUT2D eigenvalue weighted by Gasteiger charge is 2.14. The van der Waals surface area contributed by atoms with E-state index in [-0.39, 0.29) is 19.1 Å². The molecule has 5 nitrogen and oxygen atoms in total. The molecule has 0 aromatic rings. The molecule has 5 heteroatoms. The van der Waals surface area contributed by atoms with Gasteiger partial charge in [0.2, 0.25) is 0 Å². The zero-order chi connectivity index (χ0) is 13.4. The molecule has 0 spiro atoms. The summed E-state index contributed by atoms with van der Waals surface area (Å²) in [4.78, 5) is 23.6. The van der Waals surface area contributed by atoms with E-state index >= 15 is 0 Å². The quantitative estimate of drug-likeness (QED) is 0.514. The fraction of sp³-hybridized carbons (Fsp3) is 0.667. The summed E-state index contributed by atoms with van der Waals surface area (Å²) in [5.41, 5.74) is 0.372. The summed E-state index contributed by atoms with van der Waals surface area (Å²) in [6.45, 7) is 5.36. The molecule has 0 aliphatic carbocycles. The minimum atomic E-state index is -0.809. The maximum atomic E-state index is 11.1. The highest BCUT2D eigenvalue weighted by Crippen LogP contribution is 2.08. The number of carboxylic acids is 1. The molecule has 98 valence electrons. The average Bonchev–Trinajstić information content (AvgIpc) is 2.21. The van der Waals surface area contributed by atoms with Gasteiger partial charge < -0.3 is 14.7 Å². The molecular formula is C12H21NO4. The van der Waals surface area contributed by atoms with Gasteiger partial charge in [0.1, 0.15) is 0 Å². The molecule has 0 fully saturated rings. The topological polar surface area (TPSA) is 66.8 Å². The van der Waals surface area contributed by atoms with Crippen molar-refractivity contribution in [2.45, 2.75) is 32.2 Å². The van der Waals surface area contributed by atoms with Crippen molar-refractivity contribution < 1.29 is 19.4 Å². The Morgan fingerprint density at radius 2 is 1.94 bits per heavy atom. The van der Waals surface area contributed by atoms with E-state index in [0.717, 1.165) is 0 Å². The molecule has 0 aliphatic heterocycles. The Bertz CT molecular complexity index is 286. The fourth-order valence-corrected chi connectivity index (χ4v) is 1.36. The lowest BCUT2D eigenvalue weighted by atomic mass is 10.1. The van der Waals surface area contributed by atoms with Gasteiger partial charge in [0.15, 0.2) is 0 Å². The van der Waals surface area contributed by atoms with E-state index in [1.54, 1.807) is 6.92 Å². The van der Waals surface area contributed by atoms with Gasteiger partial charge in [-0.05, 0) is 33.9 Å². The molecule has 0 saturated heterocycles. The van der Waals surface area contributed by atoms with Crippen molar-refractivity contribution in [1.29, 1.82) is 0 Å². The van der Waals surface area contributed by atoms with E-state index in [9.17, 15) is 9.59 Å². The van der Waals surface area contributed by atoms with Gasteiger partial charge in [-0.3, -0.25) is 4.79 Å². The van der Waals surface area contributed by atoms with E-state index in [2.05, 4.69) is 6.58 Å². The molecular weight excluding hydrogens is 222 g/mol. The minimum absolute atomic E-state index is 0.101. The molecule has 17 heavy (non-hydrogen) atoms. The SMILES string of the molecule is C=C(C)C(=O)OCCC(CCC(=O)O)N(C)C. The lowest BCUT2D eigenvalue weighted by Crippen LogP contribution is -2.30. The van der Waals surface area contributed by atoms with Gasteiger partial charge in [0, 0.05) is 18.0 Å². The number of rotatable bonds is 8. The Morgan fingerprint density at radius 3 is 2.35 bits per heavy atom. The second-order valence-electron chi connectivity index (χ2n) is 4.25. The molecule has 0 radical (unpaired) electrons. The number of esters is 1. The van der Waals surface area contributed by atoms with Crippen molar-refractivity contribution in [2.75, 3.05) is 20.7 Å². The Morgan fingerprint density at radius 1 is 1.35 bits per heavy atom. The first-order chi connectivity index (χ1) is 7.84. The predicted molar refractivity (Wildman–Crippen MR) is 64.7 cm³/mol. The van der Waals surface area contributed by atoms with Gasteiger partial charge in [-0.2, -0.15) is 0 Å². The normalized spacial score (nSPS) is 12.2. The second kappa shape index (κ2) is 7.84. The van der Waals surface area contributed by atoms with Crippen molar-refractivity contribution in [3.8, 4) is 0 Å². The minimum Gasteiger partial charge on any atom is -0.481 e. The maximum absolute atomic E-state index is 11.1. The summed E-state index contributed by atoms with van der Waals surface area (Å²) >= 11 is 0.